The smallest absolute Gasteiger partial charge is 0.240 e. The molecule has 1 amide bonds. The van der Waals surface area contributed by atoms with E-state index in [1.165, 1.54) is 0 Å². The molecule has 0 aromatic rings. The number of carbonyl (C=O) groups excluding carboxylic acids is 1. The molecule has 0 rings (SSSR count). The fourth-order valence-electron chi connectivity index (χ4n) is 1.10. The summed E-state index contributed by atoms with van der Waals surface area (Å²) in [6.07, 6.45) is 1.72. The Morgan fingerprint density at radius 1 is 1.57 bits per heavy atom. The third-order valence-corrected chi connectivity index (χ3v) is 2.24. The van der Waals surface area contributed by atoms with Crippen LogP contribution in [0.2, 0.25) is 0 Å². The van der Waals surface area contributed by atoms with E-state index in [9.17, 15) is 4.79 Å². The van der Waals surface area contributed by atoms with Crippen molar-refractivity contribution in [2.75, 3.05) is 13.1 Å². The van der Waals surface area contributed by atoms with Crippen LogP contribution in [0.3, 0.4) is 0 Å². The summed E-state index contributed by atoms with van der Waals surface area (Å²) in [6.45, 7) is 12.7. The van der Waals surface area contributed by atoms with Gasteiger partial charge in [0.15, 0.2) is 0 Å². The van der Waals surface area contributed by atoms with Crippen molar-refractivity contribution in [1.29, 1.82) is 0 Å². The molecule has 0 aliphatic heterocycles. The number of nitrogens with two attached hydrogens (primary N) is 1. The van der Waals surface area contributed by atoms with Crippen molar-refractivity contribution in [3.63, 3.8) is 0 Å². The zero-order valence-electron chi connectivity index (χ0n) is 9.71. The minimum atomic E-state index is -0.442. The van der Waals surface area contributed by atoms with Gasteiger partial charge in [-0.25, -0.2) is 0 Å². The highest BCUT2D eigenvalue weighted by molar-refractivity contribution is 5.82. The number of hydrogen-bond acceptors (Lipinski definition) is 2. The molecule has 0 radical (unpaired) electrons. The van der Waals surface area contributed by atoms with Gasteiger partial charge in [-0.1, -0.05) is 26.8 Å². The molecule has 2 N–H and O–H groups in total. The number of nitrogens with zero attached hydrogens (tertiary/aromatic N) is 1. The summed E-state index contributed by atoms with van der Waals surface area (Å²) >= 11 is 0. The molecule has 3 heteroatoms. The summed E-state index contributed by atoms with van der Waals surface area (Å²) in [7, 11) is 0. The SMILES string of the molecule is C=CCN(CC)C(=O)C(N)C(C)(C)C. The van der Waals surface area contributed by atoms with Crippen molar-refractivity contribution in [1.82, 2.24) is 4.90 Å². The zero-order chi connectivity index (χ0) is 11.4. The second-order valence-electron chi connectivity index (χ2n) is 4.51. The van der Waals surface area contributed by atoms with Crippen molar-refractivity contribution in [3.8, 4) is 0 Å². The Hall–Kier alpha value is -0.830. The van der Waals surface area contributed by atoms with E-state index in [4.69, 9.17) is 5.73 Å². The van der Waals surface area contributed by atoms with Crippen molar-refractivity contribution < 1.29 is 4.79 Å². The van der Waals surface area contributed by atoms with Gasteiger partial charge in [0.2, 0.25) is 5.91 Å². The van der Waals surface area contributed by atoms with E-state index in [2.05, 4.69) is 6.58 Å². The lowest BCUT2D eigenvalue weighted by Gasteiger charge is -2.30. The van der Waals surface area contributed by atoms with Gasteiger partial charge >= 0.3 is 0 Å². The molecule has 0 spiro atoms. The highest BCUT2D eigenvalue weighted by Gasteiger charge is 2.29. The van der Waals surface area contributed by atoms with E-state index in [0.29, 0.717) is 13.1 Å². The Balaban J connectivity index is 4.50. The van der Waals surface area contributed by atoms with Crippen LogP contribution in [0, 0.1) is 5.41 Å². The fraction of sp³-hybridized carbons (Fsp3) is 0.727. The summed E-state index contributed by atoms with van der Waals surface area (Å²) in [6, 6.07) is -0.442. The van der Waals surface area contributed by atoms with Gasteiger partial charge < -0.3 is 10.6 Å². The molecule has 82 valence electrons. The van der Waals surface area contributed by atoms with Gasteiger partial charge in [0.05, 0.1) is 6.04 Å². The van der Waals surface area contributed by atoms with Crippen molar-refractivity contribution in [2.45, 2.75) is 33.7 Å². The molecule has 1 atom stereocenters. The molecule has 0 aromatic heterocycles. The average Bonchev–Trinajstić information content (AvgIpc) is 2.10. The third kappa shape index (κ3) is 3.50. The molecule has 0 saturated carbocycles. The normalized spacial score (nSPS) is 13.5. The first-order valence-electron chi connectivity index (χ1n) is 4.99. The lowest BCUT2D eigenvalue weighted by molar-refractivity contribution is -0.134. The molecule has 1 unspecified atom stereocenters. The minimum absolute atomic E-state index is 0.0000926. The van der Waals surface area contributed by atoms with Crippen molar-refractivity contribution >= 4 is 5.91 Å². The standard InChI is InChI=1S/C11H22N2O/c1-6-8-13(7-2)10(14)9(12)11(3,4)5/h6,9H,1,7-8,12H2,2-5H3. The van der Waals surface area contributed by atoms with E-state index in [0.717, 1.165) is 0 Å². The van der Waals surface area contributed by atoms with Crippen LogP contribution in [0.25, 0.3) is 0 Å². The number of likely N-dealkylation sites (N-methyl/N-ethyl adjacent to an activating group) is 1. The van der Waals surface area contributed by atoms with Gasteiger partial charge in [0.1, 0.15) is 0 Å². The topological polar surface area (TPSA) is 46.3 Å². The number of rotatable bonds is 4. The molecule has 14 heavy (non-hydrogen) atoms. The van der Waals surface area contributed by atoms with E-state index in [1.54, 1.807) is 11.0 Å². The van der Waals surface area contributed by atoms with Crippen LogP contribution >= 0.6 is 0 Å². The summed E-state index contributed by atoms with van der Waals surface area (Å²) in [5.74, 6) is -0.0000926. The lowest BCUT2D eigenvalue weighted by Crippen LogP contribution is -2.50. The highest BCUT2D eigenvalue weighted by Crippen LogP contribution is 2.18. The Bertz CT molecular complexity index is 206. The van der Waals surface area contributed by atoms with Crippen molar-refractivity contribution in [2.24, 2.45) is 11.1 Å². The lowest BCUT2D eigenvalue weighted by atomic mass is 9.86. The largest absolute Gasteiger partial charge is 0.338 e. The van der Waals surface area contributed by atoms with Crippen LogP contribution in [-0.2, 0) is 4.79 Å². The maximum absolute atomic E-state index is 11.9. The Morgan fingerprint density at radius 2 is 2.07 bits per heavy atom. The molecule has 0 aliphatic rings. The van der Waals surface area contributed by atoms with Crippen LogP contribution in [0.15, 0.2) is 12.7 Å². The van der Waals surface area contributed by atoms with E-state index in [-0.39, 0.29) is 11.3 Å². The second-order valence-corrected chi connectivity index (χ2v) is 4.51. The minimum Gasteiger partial charge on any atom is -0.338 e. The first kappa shape index (κ1) is 13.2. The van der Waals surface area contributed by atoms with Gasteiger partial charge in [-0.05, 0) is 12.3 Å². The summed E-state index contributed by atoms with van der Waals surface area (Å²) in [4.78, 5) is 13.6. The van der Waals surface area contributed by atoms with E-state index < -0.39 is 6.04 Å². The van der Waals surface area contributed by atoms with Crippen LogP contribution in [0.4, 0.5) is 0 Å². The predicted octanol–water partition coefficient (Wildman–Crippen LogP) is 1.39. The number of hydrogen-bond donors (Lipinski definition) is 1. The van der Waals surface area contributed by atoms with Gasteiger partial charge in [-0.2, -0.15) is 0 Å². The number of amides is 1. The molecule has 0 bridgehead atoms. The Labute approximate surface area is 87.0 Å². The summed E-state index contributed by atoms with van der Waals surface area (Å²) in [5.41, 5.74) is 5.69. The predicted molar refractivity (Wildman–Crippen MR) is 59.9 cm³/mol. The Morgan fingerprint density at radius 3 is 2.36 bits per heavy atom. The molecule has 0 aromatic carbocycles. The third-order valence-electron chi connectivity index (χ3n) is 2.24. The van der Waals surface area contributed by atoms with Crippen molar-refractivity contribution in [3.05, 3.63) is 12.7 Å². The van der Waals surface area contributed by atoms with Crippen LogP contribution in [-0.4, -0.2) is 29.9 Å². The summed E-state index contributed by atoms with van der Waals surface area (Å²) < 4.78 is 0. The van der Waals surface area contributed by atoms with Gasteiger partial charge in [0.25, 0.3) is 0 Å². The quantitative estimate of drug-likeness (QED) is 0.694. The molecule has 0 aliphatic carbocycles. The fourth-order valence-corrected chi connectivity index (χ4v) is 1.10. The molecule has 0 fully saturated rings. The van der Waals surface area contributed by atoms with Crippen LogP contribution in [0.5, 0.6) is 0 Å². The van der Waals surface area contributed by atoms with E-state index in [1.807, 2.05) is 27.7 Å². The second kappa shape index (κ2) is 5.15. The monoisotopic (exact) mass is 198 g/mol. The molecule has 3 nitrogen and oxygen atoms in total. The first-order valence-corrected chi connectivity index (χ1v) is 4.99. The average molecular weight is 198 g/mol. The zero-order valence-corrected chi connectivity index (χ0v) is 9.71. The maximum Gasteiger partial charge on any atom is 0.240 e. The van der Waals surface area contributed by atoms with Gasteiger partial charge in [0, 0.05) is 13.1 Å². The maximum atomic E-state index is 11.9. The van der Waals surface area contributed by atoms with Crippen LogP contribution in [0.1, 0.15) is 27.7 Å². The molecular weight excluding hydrogens is 176 g/mol. The molecular formula is C11H22N2O. The molecule has 0 saturated heterocycles. The van der Waals surface area contributed by atoms with Gasteiger partial charge in [-0.15, -0.1) is 6.58 Å². The van der Waals surface area contributed by atoms with E-state index >= 15 is 0 Å². The molecule has 0 heterocycles. The first-order chi connectivity index (χ1) is 6.34. The Kier molecular flexibility index (Phi) is 4.85. The summed E-state index contributed by atoms with van der Waals surface area (Å²) in [5, 5.41) is 0. The number of carbonyl (C=O) groups is 1. The van der Waals surface area contributed by atoms with Crippen LogP contribution < -0.4 is 5.73 Å². The highest BCUT2D eigenvalue weighted by atomic mass is 16.2. The van der Waals surface area contributed by atoms with Gasteiger partial charge in [-0.3, -0.25) is 4.79 Å².